The van der Waals surface area contributed by atoms with E-state index in [1.165, 1.54) is 6.07 Å². The highest BCUT2D eigenvalue weighted by Gasteiger charge is 2.18. The molecule has 1 aromatic carbocycles. The fourth-order valence-electron chi connectivity index (χ4n) is 2.03. The lowest BCUT2D eigenvalue weighted by molar-refractivity contribution is 0.188. The fraction of sp³-hybridized carbons (Fsp3) is 0.385. The summed E-state index contributed by atoms with van der Waals surface area (Å²) in [6, 6.07) is 4.41. The lowest BCUT2D eigenvalue weighted by Crippen LogP contribution is -2.21. The van der Waals surface area contributed by atoms with E-state index in [-0.39, 0.29) is 11.9 Å². The van der Waals surface area contributed by atoms with Gasteiger partial charge >= 0.3 is 0 Å². The summed E-state index contributed by atoms with van der Waals surface area (Å²) in [6.45, 7) is 2.72. The zero-order chi connectivity index (χ0) is 13.1. The molecule has 0 saturated heterocycles. The summed E-state index contributed by atoms with van der Waals surface area (Å²) >= 11 is 5.68. The highest BCUT2D eigenvalue weighted by Crippen LogP contribution is 2.24. The molecule has 0 saturated carbocycles. The van der Waals surface area contributed by atoms with Gasteiger partial charge in [-0.05, 0) is 37.6 Å². The van der Waals surface area contributed by atoms with Crippen LogP contribution < -0.4 is 15.8 Å². The van der Waals surface area contributed by atoms with Gasteiger partial charge in [-0.25, -0.2) is 4.39 Å². The molecule has 1 heterocycles. The SMILES string of the molecule is C[C@@H](C[C@H]1C=C(N)NC1)Oc1ccc(Cl)cc1F. The van der Waals surface area contributed by atoms with E-state index in [9.17, 15) is 4.39 Å². The number of rotatable bonds is 4. The van der Waals surface area contributed by atoms with E-state index >= 15 is 0 Å². The quantitative estimate of drug-likeness (QED) is 0.884. The molecule has 0 bridgehead atoms. The molecule has 5 heteroatoms. The third-order valence-corrected chi connectivity index (χ3v) is 3.08. The van der Waals surface area contributed by atoms with E-state index in [2.05, 4.69) is 5.32 Å². The van der Waals surface area contributed by atoms with E-state index in [0.29, 0.717) is 16.8 Å². The predicted octanol–water partition coefficient (Wildman–Crippen LogP) is 2.66. The summed E-state index contributed by atoms with van der Waals surface area (Å²) in [7, 11) is 0. The first kappa shape index (κ1) is 13.0. The molecule has 0 unspecified atom stereocenters. The Hall–Kier alpha value is -1.42. The molecule has 2 atom stereocenters. The number of nitrogens with one attached hydrogen (secondary N) is 1. The number of halogens is 2. The molecule has 98 valence electrons. The van der Waals surface area contributed by atoms with E-state index in [4.69, 9.17) is 22.1 Å². The van der Waals surface area contributed by atoms with Gasteiger partial charge in [0.1, 0.15) is 0 Å². The van der Waals surface area contributed by atoms with Gasteiger partial charge in [-0.3, -0.25) is 0 Å². The van der Waals surface area contributed by atoms with Gasteiger partial charge in [0.25, 0.3) is 0 Å². The topological polar surface area (TPSA) is 47.3 Å². The van der Waals surface area contributed by atoms with Gasteiger partial charge in [-0.15, -0.1) is 0 Å². The Morgan fingerprint density at radius 3 is 3.00 bits per heavy atom. The maximum Gasteiger partial charge on any atom is 0.166 e. The number of nitrogens with two attached hydrogens (primary N) is 1. The van der Waals surface area contributed by atoms with Crippen molar-refractivity contribution in [1.29, 1.82) is 0 Å². The predicted molar refractivity (Wildman–Crippen MR) is 69.9 cm³/mol. The fourth-order valence-corrected chi connectivity index (χ4v) is 2.19. The van der Waals surface area contributed by atoms with Crippen LogP contribution in [0.3, 0.4) is 0 Å². The number of benzene rings is 1. The van der Waals surface area contributed by atoms with Crippen LogP contribution in [-0.2, 0) is 0 Å². The minimum absolute atomic E-state index is 0.0883. The standard InChI is InChI=1S/C13H16ClFN2O/c1-8(4-9-5-13(16)17-7-9)18-12-3-2-10(14)6-11(12)15/h2-3,5-6,8-9,17H,4,7,16H2,1H3/t8-,9-/m0/s1. The molecule has 1 aliphatic rings. The third kappa shape index (κ3) is 3.29. The van der Waals surface area contributed by atoms with Crippen LogP contribution in [0.1, 0.15) is 13.3 Å². The van der Waals surface area contributed by atoms with Crippen LogP contribution in [-0.4, -0.2) is 12.6 Å². The van der Waals surface area contributed by atoms with Gasteiger partial charge in [-0.2, -0.15) is 0 Å². The van der Waals surface area contributed by atoms with Crippen LogP contribution in [0.25, 0.3) is 0 Å². The van der Waals surface area contributed by atoms with Crippen molar-refractivity contribution in [3.05, 3.63) is 40.9 Å². The van der Waals surface area contributed by atoms with Gasteiger partial charge in [-0.1, -0.05) is 11.6 Å². The van der Waals surface area contributed by atoms with Crippen molar-refractivity contribution in [2.24, 2.45) is 11.7 Å². The summed E-state index contributed by atoms with van der Waals surface area (Å²) in [5.74, 6) is 0.823. The van der Waals surface area contributed by atoms with E-state index in [0.717, 1.165) is 13.0 Å². The summed E-state index contributed by atoms with van der Waals surface area (Å²) in [4.78, 5) is 0. The van der Waals surface area contributed by atoms with Crippen molar-refractivity contribution >= 4 is 11.6 Å². The van der Waals surface area contributed by atoms with E-state index < -0.39 is 5.82 Å². The molecule has 0 spiro atoms. The lowest BCUT2D eigenvalue weighted by Gasteiger charge is -2.17. The molecule has 0 aliphatic carbocycles. The van der Waals surface area contributed by atoms with Crippen molar-refractivity contribution in [2.75, 3.05) is 6.54 Å². The average Bonchev–Trinajstić information content (AvgIpc) is 2.68. The zero-order valence-corrected chi connectivity index (χ0v) is 10.9. The minimum Gasteiger partial charge on any atom is -0.488 e. The zero-order valence-electron chi connectivity index (χ0n) is 10.1. The molecule has 3 nitrogen and oxygen atoms in total. The first-order valence-electron chi connectivity index (χ1n) is 5.87. The molecule has 0 amide bonds. The van der Waals surface area contributed by atoms with E-state index in [1.54, 1.807) is 12.1 Å². The maximum absolute atomic E-state index is 13.5. The molecule has 18 heavy (non-hydrogen) atoms. The molecule has 0 radical (unpaired) electrons. The molecule has 3 N–H and O–H groups in total. The average molecular weight is 271 g/mol. The van der Waals surface area contributed by atoms with Crippen LogP contribution in [0.5, 0.6) is 5.75 Å². The second-order valence-electron chi connectivity index (χ2n) is 4.50. The van der Waals surface area contributed by atoms with Gasteiger partial charge in [0.05, 0.1) is 11.9 Å². The van der Waals surface area contributed by atoms with Crippen molar-refractivity contribution in [2.45, 2.75) is 19.4 Å². The largest absolute Gasteiger partial charge is 0.488 e. The normalized spacial score (nSPS) is 20.2. The Kier molecular flexibility index (Phi) is 3.97. The Morgan fingerprint density at radius 2 is 2.39 bits per heavy atom. The lowest BCUT2D eigenvalue weighted by atomic mass is 10.0. The van der Waals surface area contributed by atoms with Gasteiger partial charge in [0.15, 0.2) is 11.6 Å². The number of hydrogen-bond acceptors (Lipinski definition) is 3. The smallest absolute Gasteiger partial charge is 0.166 e. The van der Waals surface area contributed by atoms with Gasteiger partial charge in [0, 0.05) is 17.5 Å². The van der Waals surface area contributed by atoms with Crippen molar-refractivity contribution in [1.82, 2.24) is 5.32 Å². The van der Waals surface area contributed by atoms with Crippen molar-refractivity contribution < 1.29 is 9.13 Å². The second kappa shape index (κ2) is 5.48. The number of hydrogen-bond donors (Lipinski definition) is 2. The Bertz CT molecular complexity index is 464. The molecule has 2 rings (SSSR count). The highest BCUT2D eigenvalue weighted by molar-refractivity contribution is 6.30. The molecule has 1 aromatic rings. The third-order valence-electron chi connectivity index (χ3n) is 2.84. The molecule has 1 aliphatic heterocycles. The van der Waals surface area contributed by atoms with Crippen LogP contribution in [0.2, 0.25) is 5.02 Å². The van der Waals surface area contributed by atoms with Gasteiger partial charge in [0.2, 0.25) is 0 Å². The monoisotopic (exact) mass is 270 g/mol. The summed E-state index contributed by atoms with van der Waals surface area (Å²) in [5.41, 5.74) is 5.63. The second-order valence-corrected chi connectivity index (χ2v) is 4.94. The van der Waals surface area contributed by atoms with Crippen molar-refractivity contribution in [3.8, 4) is 5.75 Å². The van der Waals surface area contributed by atoms with Crippen LogP contribution >= 0.6 is 11.6 Å². The van der Waals surface area contributed by atoms with Crippen LogP contribution in [0.15, 0.2) is 30.1 Å². The minimum atomic E-state index is -0.436. The van der Waals surface area contributed by atoms with Crippen molar-refractivity contribution in [3.63, 3.8) is 0 Å². The Morgan fingerprint density at radius 1 is 1.61 bits per heavy atom. The first-order chi connectivity index (χ1) is 8.54. The maximum atomic E-state index is 13.5. The van der Waals surface area contributed by atoms with Gasteiger partial charge < -0.3 is 15.8 Å². The first-order valence-corrected chi connectivity index (χ1v) is 6.25. The summed E-state index contributed by atoms with van der Waals surface area (Å²) in [6.07, 6.45) is 2.67. The molecular weight excluding hydrogens is 255 g/mol. The molecular formula is C13H16ClFN2O. The van der Waals surface area contributed by atoms with E-state index in [1.807, 2.05) is 13.0 Å². The molecule has 0 fully saturated rings. The summed E-state index contributed by atoms with van der Waals surface area (Å²) in [5, 5.41) is 3.41. The highest BCUT2D eigenvalue weighted by atomic mass is 35.5. The van der Waals surface area contributed by atoms with Crippen LogP contribution in [0, 0.1) is 11.7 Å². The Labute approximate surface area is 111 Å². The molecule has 0 aromatic heterocycles. The Balaban J connectivity index is 1.92. The number of ether oxygens (including phenoxy) is 1. The summed E-state index contributed by atoms with van der Waals surface area (Å²) < 4.78 is 19.1. The van der Waals surface area contributed by atoms with Crippen LogP contribution in [0.4, 0.5) is 4.39 Å².